The molecule has 4 nitrogen and oxygen atoms in total. The van der Waals surface area contributed by atoms with E-state index in [0.717, 1.165) is 44.2 Å². The summed E-state index contributed by atoms with van der Waals surface area (Å²) < 4.78 is 27.0. The molecule has 6 heteroatoms. The lowest BCUT2D eigenvalue weighted by Crippen LogP contribution is -2.24. The van der Waals surface area contributed by atoms with E-state index in [9.17, 15) is 8.42 Å². The zero-order valence-electron chi connectivity index (χ0n) is 14.6. The first-order valence-corrected chi connectivity index (χ1v) is 10.8. The molecule has 2 aromatic carbocycles. The van der Waals surface area contributed by atoms with Crippen molar-refractivity contribution in [3.63, 3.8) is 0 Å². The number of hydrogen-bond acceptors (Lipinski definition) is 3. The van der Waals surface area contributed by atoms with Gasteiger partial charge in [-0.1, -0.05) is 36.2 Å². The fourth-order valence-electron chi connectivity index (χ4n) is 3.05. The molecule has 0 bridgehead atoms. The normalized spacial score (nSPS) is 14.0. The van der Waals surface area contributed by atoms with E-state index in [-0.39, 0.29) is 4.90 Å². The van der Waals surface area contributed by atoms with Gasteiger partial charge in [0.1, 0.15) is 0 Å². The lowest BCUT2D eigenvalue weighted by molar-refractivity contribution is 0.575. The van der Waals surface area contributed by atoms with Crippen LogP contribution in [0.5, 0.6) is 0 Å². The van der Waals surface area contributed by atoms with E-state index in [4.69, 9.17) is 16.6 Å². The lowest BCUT2D eigenvalue weighted by Gasteiger charge is -2.15. The maximum atomic E-state index is 12.2. The predicted molar refractivity (Wildman–Crippen MR) is 107 cm³/mol. The van der Waals surface area contributed by atoms with Gasteiger partial charge in [-0.25, -0.2) is 13.1 Å². The highest BCUT2D eigenvalue weighted by Gasteiger charge is 2.13. The average Bonchev–Trinajstić information content (AvgIpc) is 2.65. The number of nitrogens with one attached hydrogen (secondary N) is 1. The van der Waals surface area contributed by atoms with Crippen LogP contribution in [0.3, 0.4) is 0 Å². The number of nitrogens with zero attached hydrogens (tertiary/aromatic N) is 1. The molecule has 1 N–H and O–H groups in total. The molecule has 0 saturated heterocycles. The summed E-state index contributed by atoms with van der Waals surface area (Å²) in [4.78, 5) is 4.99. The molecule has 0 aliphatic carbocycles. The molecule has 0 amide bonds. The zero-order valence-corrected chi connectivity index (χ0v) is 16.2. The predicted octanol–water partition coefficient (Wildman–Crippen LogP) is 4.90. The molecular formula is C20H23ClN2O2S. The SMILES string of the molecule is O=S(=O)(NCCCCCC1=Nc2ccccc2CC1)c1ccc(Cl)cc1. The Morgan fingerprint density at radius 1 is 0.962 bits per heavy atom. The van der Waals surface area contributed by atoms with Crippen LogP contribution in [0.4, 0.5) is 5.69 Å². The van der Waals surface area contributed by atoms with Gasteiger partial charge in [-0.3, -0.25) is 4.99 Å². The van der Waals surface area contributed by atoms with E-state index in [0.29, 0.717) is 11.6 Å². The number of hydrogen-bond donors (Lipinski definition) is 1. The summed E-state index contributed by atoms with van der Waals surface area (Å²) >= 11 is 5.79. The molecule has 2 aromatic rings. The Morgan fingerprint density at radius 3 is 2.54 bits per heavy atom. The summed E-state index contributed by atoms with van der Waals surface area (Å²) in [6.07, 6.45) is 5.90. The van der Waals surface area contributed by atoms with Crippen molar-refractivity contribution in [3.8, 4) is 0 Å². The van der Waals surface area contributed by atoms with Crippen LogP contribution in [0, 0.1) is 0 Å². The number of sulfonamides is 1. The van der Waals surface area contributed by atoms with Gasteiger partial charge in [0.05, 0.1) is 10.6 Å². The molecule has 26 heavy (non-hydrogen) atoms. The van der Waals surface area contributed by atoms with Crippen molar-refractivity contribution in [2.24, 2.45) is 4.99 Å². The summed E-state index contributed by atoms with van der Waals surface area (Å²) in [6.45, 7) is 0.445. The van der Waals surface area contributed by atoms with E-state index in [1.807, 2.05) is 6.07 Å². The summed E-state index contributed by atoms with van der Waals surface area (Å²) in [7, 11) is -3.45. The van der Waals surface area contributed by atoms with Crippen LogP contribution in [-0.4, -0.2) is 20.7 Å². The molecule has 1 aliphatic rings. The first kappa shape index (κ1) is 19.1. The maximum absolute atomic E-state index is 12.2. The van der Waals surface area contributed by atoms with Gasteiger partial charge in [-0.2, -0.15) is 0 Å². The highest BCUT2D eigenvalue weighted by Crippen LogP contribution is 2.26. The molecule has 138 valence electrons. The third-order valence-corrected chi connectivity index (χ3v) is 6.24. The minimum atomic E-state index is -3.45. The van der Waals surface area contributed by atoms with Crippen LogP contribution < -0.4 is 4.72 Å². The second-order valence-electron chi connectivity index (χ2n) is 6.47. The second kappa shape index (κ2) is 8.80. The highest BCUT2D eigenvalue weighted by molar-refractivity contribution is 7.89. The number of unbranched alkanes of at least 4 members (excludes halogenated alkanes) is 2. The number of rotatable bonds is 8. The van der Waals surface area contributed by atoms with Gasteiger partial charge in [-0.15, -0.1) is 0 Å². The molecule has 0 atom stereocenters. The third kappa shape index (κ3) is 5.16. The molecule has 0 radical (unpaired) electrons. The molecular weight excluding hydrogens is 368 g/mol. The van der Waals surface area contributed by atoms with Crippen LogP contribution in [0.25, 0.3) is 0 Å². The molecule has 0 aromatic heterocycles. The van der Waals surface area contributed by atoms with Crippen molar-refractivity contribution in [3.05, 3.63) is 59.1 Å². The third-order valence-electron chi connectivity index (χ3n) is 4.51. The molecule has 0 unspecified atom stereocenters. The number of benzene rings is 2. The first-order valence-electron chi connectivity index (χ1n) is 8.94. The van der Waals surface area contributed by atoms with Crippen LogP contribution in [0.2, 0.25) is 5.02 Å². The van der Waals surface area contributed by atoms with Crippen LogP contribution in [0.15, 0.2) is 58.4 Å². The van der Waals surface area contributed by atoms with Crippen molar-refractivity contribution >= 4 is 33.0 Å². The second-order valence-corrected chi connectivity index (χ2v) is 8.67. The maximum Gasteiger partial charge on any atom is 0.240 e. The minimum absolute atomic E-state index is 0.247. The van der Waals surface area contributed by atoms with E-state index in [1.54, 1.807) is 12.1 Å². The van der Waals surface area contributed by atoms with Crippen LogP contribution in [-0.2, 0) is 16.4 Å². The number of aryl methyl sites for hydroxylation is 1. The molecule has 0 saturated carbocycles. The Kier molecular flexibility index (Phi) is 6.46. The monoisotopic (exact) mass is 390 g/mol. The van der Waals surface area contributed by atoms with Gasteiger partial charge in [0.25, 0.3) is 0 Å². The van der Waals surface area contributed by atoms with Crippen molar-refractivity contribution in [2.45, 2.75) is 43.4 Å². The van der Waals surface area contributed by atoms with E-state index >= 15 is 0 Å². The van der Waals surface area contributed by atoms with Gasteiger partial charge in [-0.05, 0) is 68.0 Å². The quantitative estimate of drug-likeness (QED) is 0.652. The van der Waals surface area contributed by atoms with E-state index in [1.165, 1.54) is 23.4 Å². The smallest absolute Gasteiger partial charge is 0.240 e. The molecule has 1 heterocycles. The van der Waals surface area contributed by atoms with Crippen molar-refractivity contribution < 1.29 is 8.42 Å². The zero-order chi connectivity index (χ0) is 18.4. The fourth-order valence-corrected chi connectivity index (χ4v) is 4.25. The van der Waals surface area contributed by atoms with E-state index < -0.39 is 10.0 Å². The Morgan fingerprint density at radius 2 is 1.73 bits per heavy atom. The van der Waals surface area contributed by atoms with Gasteiger partial charge in [0.2, 0.25) is 10.0 Å². The first-order chi connectivity index (χ1) is 12.5. The molecule has 3 rings (SSSR count). The average molecular weight is 391 g/mol. The molecule has 1 aliphatic heterocycles. The molecule has 0 fully saturated rings. The summed E-state index contributed by atoms with van der Waals surface area (Å²) in [5, 5.41) is 0.525. The van der Waals surface area contributed by atoms with Gasteiger partial charge >= 0.3 is 0 Å². The summed E-state index contributed by atoms with van der Waals surface area (Å²) in [5.41, 5.74) is 3.68. The Balaban J connectivity index is 1.39. The van der Waals surface area contributed by atoms with Gasteiger partial charge < -0.3 is 0 Å². The number of para-hydroxylation sites is 1. The Labute approximate surface area is 160 Å². The largest absolute Gasteiger partial charge is 0.258 e. The van der Waals surface area contributed by atoms with Crippen LogP contribution >= 0.6 is 11.6 Å². The highest BCUT2D eigenvalue weighted by atomic mass is 35.5. The van der Waals surface area contributed by atoms with Crippen molar-refractivity contribution in [1.29, 1.82) is 0 Å². The minimum Gasteiger partial charge on any atom is -0.258 e. The topological polar surface area (TPSA) is 58.5 Å². The number of fused-ring (bicyclic) bond motifs is 1. The number of aliphatic imine (C=N–C) groups is 1. The Bertz CT molecular complexity index is 877. The fraction of sp³-hybridized carbons (Fsp3) is 0.350. The number of halogens is 1. The standard InChI is InChI=1S/C20H23ClN2O2S/c21-17-10-13-19(14-11-17)26(24,25)22-15-5-1-2-7-18-12-9-16-6-3-4-8-20(16)23-18/h3-4,6,8,10-11,13-14,22H,1-2,5,7,9,12,15H2. The summed E-state index contributed by atoms with van der Waals surface area (Å²) in [5.74, 6) is 0. The van der Waals surface area contributed by atoms with Crippen LogP contribution in [0.1, 0.15) is 37.7 Å². The van der Waals surface area contributed by atoms with Crippen molar-refractivity contribution in [2.75, 3.05) is 6.54 Å². The Hall–Kier alpha value is -1.69. The van der Waals surface area contributed by atoms with Gasteiger partial charge in [0.15, 0.2) is 0 Å². The lowest BCUT2D eigenvalue weighted by atomic mass is 9.98. The van der Waals surface area contributed by atoms with E-state index in [2.05, 4.69) is 22.9 Å². The summed E-state index contributed by atoms with van der Waals surface area (Å²) in [6, 6.07) is 14.5. The van der Waals surface area contributed by atoms with Crippen molar-refractivity contribution in [1.82, 2.24) is 4.72 Å². The molecule has 0 spiro atoms. The van der Waals surface area contributed by atoms with Gasteiger partial charge in [0, 0.05) is 17.3 Å².